The Bertz CT molecular complexity index is 1210. The molecule has 0 fully saturated rings. The molecular weight excluding hydrogens is 514 g/mol. The Morgan fingerprint density at radius 2 is 1.86 bits per heavy atom. The van der Waals surface area contributed by atoms with Crippen molar-refractivity contribution in [1.82, 2.24) is 14.6 Å². The van der Waals surface area contributed by atoms with Gasteiger partial charge in [-0.2, -0.15) is 25.9 Å². The largest absolute Gasteiger partial charge is 0.477 e. The second-order valence-corrected chi connectivity index (χ2v) is 8.78. The fourth-order valence-corrected chi connectivity index (χ4v) is 3.26. The molecule has 0 bridgehead atoms. The average molecular weight is 537 g/mol. The predicted octanol–water partition coefficient (Wildman–Crippen LogP) is 3.42. The Hall–Kier alpha value is -3.66. The summed E-state index contributed by atoms with van der Waals surface area (Å²) in [5, 5.41) is 18.4. The molecule has 1 aromatic heterocycles. The van der Waals surface area contributed by atoms with Crippen molar-refractivity contribution in [3.05, 3.63) is 53.0 Å². The molecule has 11 nitrogen and oxygen atoms in total. The van der Waals surface area contributed by atoms with Crippen LogP contribution in [0.25, 0.3) is 0 Å². The van der Waals surface area contributed by atoms with Gasteiger partial charge in [-0.15, -0.1) is 0 Å². The minimum absolute atomic E-state index is 0.0730. The maximum Gasteiger partial charge on any atom is 0.433 e. The van der Waals surface area contributed by atoms with E-state index in [0.717, 1.165) is 30.7 Å². The average Bonchev–Trinajstić information content (AvgIpc) is 2.76. The number of aromatic nitrogens is 1. The van der Waals surface area contributed by atoms with Crippen LogP contribution in [0, 0.1) is 5.82 Å². The fraction of sp³-hybridized carbons (Fsp3) is 0.350. The highest BCUT2D eigenvalue weighted by molar-refractivity contribution is 7.87. The zero-order valence-corrected chi connectivity index (χ0v) is 19.6. The minimum atomic E-state index is -4.68. The molecule has 2 rings (SSSR count). The quantitative estimate of drug-likeness (QED) is 0.266. The first-order chi connectivity index (χ1) is 16.7. The van der Waals surface area contributed by atoms with E-state index in [0.29, 0.717) is 6.42 Å². The van der Waals surface area contributed by atoms with E-state index in [1.54, 1.807) is 0 Å². The number of unbranched alkanes of at least 4 members (excludes halogenated alkanes) is 1. The number of benzene rings is 1. The number of anilines is 1. The number of nitrogens with two attached hydrogens (primary N) is 1. The van der Waals surface area contributed by atoms with Gasteiger partial charge in [0.25, 0.3) is 0 Å². The van der Waals surface area contributed by atoms with E-state index >= 15 is 0 Å². The summed E-state index contributed by atoms with van der Waals surface area (Å²) in [4.78, 5) is 26.7. The van der Waals surface area contributed by atoms with Crippen LogP contribution in [0.2, 0.25) is 0 Å². The van der Waals surface area contributed by atoms with E-state index in [2.05, 4.69) is 15.6 Å². The lowest BCUT2D eigenvalue weighted by atomic mass is 10.2. The summed E-state index contributed by atoms with van der Waals surface area (Å²) in [6.07, 6.45) is -5.28. The van der Waals surface area contributed by atoms with Crippen LogP contribution >= 0.6 is 0 Å². The zero-order chi connectivity index (χ0) is 27.1. The normalized spacial score (nSPS) is 11.6. The highest BCUT2D eigenvalue weighted by Gasteiger charge is 2.33. The van der Waals surface area contributed by atoms with Gasteiger partial charge in [0.2, 0.25) is 5.88 Å². The van der Waals surface area contributed by atoms with Gasteiger partial charge in [-0.25, -0.2) is 24.1 Å². The van der Waals surface area contributed by atoms with E-state index in [1.165, 1.54) is 6.07 Å². The summed E-state index contributed by atoms with van der Waals surface area (Å²) < 4.78 is 81.1. The summed E-state index contributed by atoms with van der Waals surface area (Å²) in [7, 11) is -4.65. The molecule has 3 amide bonds. The Balaban J connectivity index is 2.08. The van der Waals surface area contributed by atoms with Gasteiger partial charge in [-0.3, -0.25) is 0 Å². The van der Waals surface area contributed by atoms with E-state index in [4.69, 9.17) is 15.0 Å². The summed E-state index contributed by atoms with van der Waals surface area (Å²) >= 11 is 0. The van der Waals surface area contributed by atoms with Gasteiger partial charge in [0.05, 0.1) is 13.2 Å². The predicted molar refractivity (Wildman–Crippen MR) is 119 cm³/mol. The van der Waals surface area contributed by atoms with Crippen molar-refractivity contribution in [3.8, 4) is 5.88 Å². The number of hydrogen-bond acceptors (Lipinski definition) is 6. The number of hydrogen-bond donors (Lipinski definition) is 4. The molecule has 0 spiro atoms. The SMILES string of the molecule is CCCCOc1nc(C(F)(F)F)ccc1CNC(=O)Nc1ccc(CN(C(=O)O)S(N)(=O)=O)c(F)c1. The maximum atomic E-state index is 14.4. The standard InChI is InChI=1S/C20H23F4N5O6S/c1-2-3-8-35-17-12(5-7-16(28-17)20(22,23)24)10-26-18(30)27-14-6-4-13(15(21)9-14)11-29(19(31)32)36(25,33)34/h4-7,9H,2-3,8,10-11H2,1H3,(H,31,32)(H2,25,33,34)(H2,26,27,30). The van der Waals surface area contributed by atoms with Gasteiger partial charge in [0, 0.05) is 23.4 Å². The lowest BCUT2D eigenvalue weighted by molar-refractivity contribution is -0.141. The third kappa shape index (κ3) is 8.23. The smallest absolute Gasteiger partial charge is 0.433 e. The maximum absolute atomic E-state index is 14.4. The molecule has 2 aromatic rings. The Morgan fingerprint density at radius 1 is 1.19 bits per heavy atom. The number of carboxylic acid groups (broad SMARTS) is 1. The molecule has 0 radical (unpaired) electrons. The van der Waals surface area contributed by atoms with E-state index in [1.807, 2.05) is 6.92 Å². The number of nitrogens with zero attached hydrogens (tertiary/aromatic N) is 2. The van der Waals surface area contributed by atoms with Crippen molar-refractivity contribution >= 4 is 28.0 Å². The van der Waals surface area contributed by atoms with Crippen molar-refractivity contribution in [2.75, 3.05) is 11.9 Å². The Kier molecular flexibility index (Phi) is 9.41. The fourth-order valence-electron chi connectivity index (χ4n) is 2.73. The van der Waals surface area contributed by atoms with Gasteiger partial charge in [0.15, 0.2) is 0 Å². The summed E-state index contributed by atoms with van der Waals surface area (Å²) in [5.74, 6) is -1.31. The zero-order valence-electron chi connectivity index (χ0n) is 18.8. The topological polar surface area (TPSA) is 164 Å². The minimum Gasteiger partial charge on any atom is -0.477 e. The molecule has 5 N–H and O–H groups in total. The van der Waals surface area contributed by atoms with Crippen LogP contribution in [0.15, 0.2) is 30.3 Å². The van der Waals surface area contributed by atoms with Crippen LogP contribution in [-0.4, -0.2) is 41.5 Å². The molecule has 0 aliphatic carbocycles. The second kappa shape index (κ2) is 11.9. The van der Waals surface area contributed by atoms with Crippen LogP contribution in [0.5, 0.6) is 5.88 Å². The molecular formula is C20H23F4N5O6S. The number of halogens is 4. The number of carbonyl (C=O) groups excluding carboxylic acids is 1. The number of ether oxygens (including phenoxy) is 1. The number of amides is 3. The first kappa shape index (κ1) is 28.6. The Labute approximate surface area is 203 Å². The van der Waals surface area contributed by atoms with Crippen molar-refractivity contribution < 1.29 is 45.4 Å². The van der Waals surface area contributed by atoms with Gasteiger partial charge in [-0.1, -0.05) is 19.4 Å². The van der Waals surface area contributed by atoms with Crippen LogP contribution in [0.4, 0.5) is 32.8 Å². The molecule has 0 saturated heterocycles. The number of nitrogens with one attached hydrogen (secondary N) is 2. The first-order valence-electron chi connectivity index (χ1n) is 10.3. The third-order valence-corrected chi connectivity index (χ3v) is 5.45. The molecule has 0 aliphatic heterocycles. The molecule has 0 atom stereocenters. The summed E-state index contributed by atoms with van der Waals surface area (Å²) in [6, 6.07) is 4.06. The molecule has 0 saturated carbocycles. The molecule has 0 aliphatic rings. The van der Waals surface area contributed by atoms with Crippen molar-refractivity contribution in [2.24, 2.45) is 5.14 Å². The van der Waals surface area contributed by atoms with Crippen LogP contribution in [0.3, 0.4) is 0 Å². The van der Waals surface area contributed by atoms with E-state index < -0.39 is 46.6 Å². The highest BCUT2D eigenvalue weighted by Crippen LogP contribution is 2.30. The molecule has 1 heterocycles. The lowest BCUT2D eigenvalue weighted by Gasteiger charge is -2.17. The number of urea groups is 1. The number of rotatable bonds is 10. The molecule has 16 heteroatoms. The molecule has 1 aromatic carbocycles. The summed E-state index contributed by atoms with van der Waals surface area (Å²) in [6.45, 7) is 0.836. The molecule has 198 valence electrons. The highest BCUT2D eigenvalue weighted by atomic mass is 32.2. The summed E-state index contributed by atoms with van der Waals surface area (Å²) in [5.41, 5.74) is -1.38. The van der Waals surface area contributed by atoms with Crippen molar-refractivity contribution in [2.45, 2.75) is 39.0 Å². The van der Waals surface area contributed by atoms with E-state index in [-0.39, 0.29) is 40.2 Å². The molecule has 36 heavy (non-hydrogen) atoms. The third-order valence-electron chi connectivity index (χ3n) is 4.55. The number of carbonyl (C=O) groups is 2. The van der Waals surface area contributed by atoms with Crippen LogP contribution in [-0.2, 0) is 29.5 Å². The van der Waals surface area contributed by atoms with Crippen molar-refractivity contribution in [1.29, 1.82) is 0 Å². The van der Waals surface area contributed by atoms with Gasteiger partial charge >= 0.3 is 28.5 Å². The first-order valence-corrected chi connectivity index (χ1v) is 11.8. The van der Waals surface area contributed by atoms with Gasteiger partial charge in [0.1, 0.15) is 11.5 Å². The van der Waals surface area contributed by atoms with Crippen LogP contribution < -0.4 is 20.5 Å². The number of pyridine rings is 1. The second-order valence-electron chi connectivity index (χ2n) is 7.31. The molecule has 0 unspecified atom stereocenters. The van der Waals surface area contributed by atoms with Gasteiger partial charge < -0.3 is 20.5 Å². The number of alkyl halides is 3. The van der Waals surface area contributed by atoms with Crippen molar-refractivity contribution in [3.63, 3.8) is 0 Å². The monoisotopic (exact) mass is 537 g/mol. The van der Waals surface area contributed by atoms with Crippen LogP contribution in [0.1, 0.15) is 36.6 Å². The van der Waals surface area contributed by atoms with Gasteiger partial charge in [-0.05, 0) is 30.7 Å². The van der Waals surface area contributed by atoms with E-state index in [9.17, 15) is 35.6 Å². The Morgan fingerprint density at radius 3 is 2.42 bits per heavy atom. The lowest BCUT2D eigenvalue weighted by Crippen LogP contribution is -2.40.